The molecule has 1 heterocycles. The lowest BCUT2D eigenvalue weighted by Crippen LogP contribution is -2.36. The average Bonchev–Trinajstić information content (AvgIpc) is 2.72. The molecule has 1 amide bonds. The number of fused-ring (bicyclic) bond motifs is 1. The van der Waals surface area contributed by atoms with Crippen LogP contribution < -0.4 is 19.1 Å². The minimum absolute atomic E-state index is 0.0105. The molecule has 0 unspecified atom stereocenters. The molecule has 0 saturated heterocycles. The number of aryl methyl sites for hydroxylation is 1. The van der Waals surface area contributed by atoms with Gasteiger partial charge in [-0.1, -0.05) is 6.07 Å². The van der Waals surface area contributed by atoms with Crippen LogP contribution in [-0.4, -0.2) is 37.2 Å². The standard InChI is InChI=1S/C20H19N3O6/c1-14-3-5-17(16(11-14)23(25)26)29-13-20(24)22(8-2-7-21)15-4-6-18-19(12-15)28-10-9-27-18/h3-6,11-12H,2,8-10,13H2,1H3. The van der Waals surface area contributed by atoms with Gasteiger partial charge >= 0.3 is 5.69 Å². The summed E-state index contributed by atoms with van der Waals surface area (Å²) in [6.45, 7) is 2.32. The molecule has 0 saturated carbocycles. The quantitative estimate of drug-likeness (QED) is 0.521. The Hall–Kier alpha value is -3.80. The zero-order valence-corrected chi connectivity index (χ0v) is 15.8. The minimum atomic E-state index is -0.554. The van der Waals surface area contributed by atoms with E-state index in [1.165, 1.54) is 17.0 Å². The Kier molecular flexibility index (Phi) is 6.14. The van der Waals surface area contributed by atoms with E-state index >= 15 is 0 Å². The number of hydrogen-bond donors (Lipinski definition) is 0. The van der Waals surface area contributed by atoms with Gasteiger partial charge in [0.05, 0.1) is 17.4 Å². The SMILES string of the molecule is Cc1ccc(OCC(=O)N(CCC#N)c2ccc3c(c2)OCCO3)c([N+](=O)[O-])c1. The van der Waals surface area contributed by atoms with Crippen molar-refractivity contribution in [2.75, 3.05) is 31.3 Å². The molecule has 3 rings (SSSR count). The molecule has 150 valence electrons. The predicted molar refractivity (Wildman–Crippen MR) is 103 cm³/mol. The van der Waals surface area contributed by atoms with Gasteiger partial charge in [0.1, 0.15) is 13.2 Å². The maximum absolute atomic E-state index is 12.8. The Morgan fingerprint density at radius 1 is 1.24 bits per heavy atom. The van der Waals surface area contributed by atoms with Crippen molar-refractivity contribution in [3.05, 3.63) is 52.1 Å². The molecular weight excluding hydrogens is 378 g/mol. The van der Waals surface area contributed by atoms with Crippen molar-refractivity contribution in [1.29, 1.82) is 5.26 Å². The van der Waals surface area contributed by atoms with Crippen LogP contribution in [0.3, 0.4) is 0 Å². The van der Waals surface area contributed by atoms with Crippen LogP contribution in [0.4, 0.5) is 11.4 Å². The number of benzene rings is 2. The molecule has 2 aromatic rings. The second-order valence-corrected chi connectivity index (χ2v) is 6.30. The number of carbonyl (C=O) groups is 1. The highest BCUT2D eigenvalue weighted by Gasteiger charge is 2.22. The van der Waals surface area contributed by atoms with E-state index in [9.17, 15) is 14.9 Å². The van der Waals surface area contributed by atoms with Crippen molar-refractivity contribution in [3.8, 4) is 23.3 Å². The van der Waals surface area contributed by atoms with Crippen LogP contribution in [0.15, 0.2) is 36.4 Å². The summed E-state index contributed by atoms with van der Waals surface area (Å²) < 4.78 is 16.5. The van der Waals surface area contributed by atoms with Crippen LogP contribution in [0, 0.1) is 28.4 Å². The van der Waals surface area contributed by atoms with Gasteiger partial charge in [-0.2, -0.15) is 5.26 Å². The van der Waals surface area contributed by atoms with Crippen molar-refractivity contribution in [3.63, 3.8) is 0 Å². The molecule has 0 aromatic heterocycles. The molecule has 0 radical (unpaired) electrons. The number of nitriles is 1. The molecule has 1 aliphatic rings. The fourth-order valence-corrected chi connectivity index (χ4v) is 2.87. The number of rotatable bonds is 7. The van der Waals surface area contributed by atoms with Crippen molar-refractivity contribution in [2.45, 2.75) is 13.3 Å². The average molecular weight is 397 g/mol. The summed E-state index contributed by atoms with van der Waals surface area (Å²) in [4.78, 5) is 24.8. The first-order chi connectivity index (χ1) is 14.0. The van der Waals surface area contributed by atoms with Gasteiger partial charge in [0.2, 0.25) is 0 Å². The highest BCUT2D eigenvalue weighted by molar-refractivity contribution is 5.95. The van der Waals surface area contributed by atoms with Gasteiger partial charge in [0.15, 0.2) is 23.9 Å². The Morgan fingerprint density at radius 2 is 2.00 bits per heavy atom. The maximum atomic E-state index is 12.8. The Balaban J connectivity index is 1.78. The van der Waals surface area contributed by atoms with Crippen molar-refractivity contribution >= 4 is 17.3 Å². The van der Waals surface area contributed by atoms with E-state index in [-0.39, 0.29) is 24.4 Å². The summed E-state index contributed by atoms with van der Waals surface area (Å²) in [5.41, 5.74) is 1.03. The summed E-state index contributed by atoms with van der Waals surface area (Å²) >= 11 is 0. The molecule has 0 aliphatic carbocycles. The van der Waals surface area contributed by atoms with E-state index < -0.39 is 17.4 Å². The van der Waals surface area contributed by atoms with Crippen LogP contribution in [0.2, 0.25) is 0 Å². The van der Waals surface area contributed by atoms with Gasteiger partial charge < -0.3 is 19.1 Å². The van der Waals surface area contributed by atoms with E-state index in [0.717, 1.165) is 0 Å². The third kappa shape index (κ3) is 4.73. The number of amides is 1. The molecular formula is C20H19N3O6. The van der Waals surface area contributed by atoms with E-state index in [1.54, 1.807) is 31.2 Å². The summed E-state index contributed by atoms with van der Waals surface area (Å²) in [6.07, 6.45) is 0.116. The molecule has 0 fully saturated rings. The largest absolute Gasteiger partial charge is 0.486 e. The summed E-state index contributed by atoms with van der Waals surface area (Å²) in [6, 6.07) is 11.6. The third-order valence-corrected chi connectivity index (χ3v) is 4.25. The van der Waals surface area contributed by atoms with Gasteiger partial charge in [-0.3, -0.25) is 14.9 Å². The molecule has 0 atom stereocenters. The van der Waals surface area contributed by atoms with Gasteiger partial charge in [-0.25, -0.2) is 0 Å². The maximum Gasteiger partial charge on any atom is 0.311 e. The van der Waals surface area contributed by atoms with Crippen LogP contribution in [0.25, 0.3) is 0 Å². The first-order valence-corrected chi connectivity index (χ1v) is 8.94. The fraction of sp³-hybridized carbons (Fsp3) is 0.300. The van der Waals surface area contributed by atoms with Crippen molar-refractivity contribution in [1.82, 2.24) is 0 Å². The second-order valence-electron chi connectivity index (χ2n) is 6.30. The molecule has 29 heavy (non-hydrogen) atoms. The van der Waals surface area contributed by atoms with E-state index in [2.05, 4.69) is 0 Å². The van der Waals surface area contributed by atoms with E-state index in [4.69, 9.17) is 19.5 Å². The summed E-state index contributed by atoms with van der Waals surface area (Å²) in [5.74, 6) is 0.668. The number of carbonyl (C=O) groups excluding carboxylic acids is 1. The molecule has 9 nitrogen and oxygen atoms in total. The Labute approximate surface area is 167 Å². The molecule has 2 aromatic carbocycles. The molecule has 9 heteroatoms. The lowest BCUT2D eigenvalue weighted by atomic mass is 10.2. The molecule has 0 spiro atoms. The molecule has 1 aliphatic heterocycles. The number of hydrogen-bond acceptors (Lipinski definition) is 7. The zero-order chi connectivity index (χ0) is 20.8. The smallest absolute Gasteiger partial charge is 0.311 e. The topological polar surface area (TPSA) is 115 Å². The van der Waals surface area contributed by atoms with Crippen LogP contribution in [0.5, 0.6) is 17.2 Å². The van der Waals surface area contributed by atoms with E-state index in [0.29, 0.717) is 36.0 Å². The second kappa shape index (κ2) is 8.93. The lowest BCUT2D eigenvalue weighted by Gasteiger charge is -2.24. The number of anilines is 1. The fourth-order valence-electron chi connectivity index (χ4n) is 2.87. The van der Waals surface area contributed by atoms with Crippen LogP contribution >= 0.6 is 0 Å². The van der Waals surface area contributed by atoms with Crippen molar-refractivity contribution < 1.29 is 23.9 Å². The number of ether oxygens (including phenoxy) is 3. The summed E-state index contributed by atoms with van der Waals surface area (Å²) in [7, 11) is 0. The first kappa shape index (κ1) is 19.9. The highest BCUT2D eigenvalue weighted by Crippen LogP contribution is 2.34. The molecule has 0 N–H and O–H groups in total. The van der Waals surface area contributed by atoms with Gasteiger partial charge in [0, 0.05) is 24.4 Å². The van der Waals surface area contributed by atoms with Gasteiger partial charge in [-0.05, 0) is 30.7 Å². The monoisotopic (exact) mass is 397 g/mol. The van der Waals surface area contributed by atoms with E-state index in [1.807, 2.05) is 6.07 Å². The number of nitro groups is 1. The van der Waals surface area contributed by atoms with Gasteiger partial charge in [-0.15, -0.1) is 0 Å². The van der Waals surface area contributed by atoms with Gasteiger partial charge in [0.25, 0.3) is 5.91 Å². The van der Waals surface area contributed by atoms with Crippen LogP contribution in [0.1, 0.15) is 12.0 Å². The van der Waals surface area contributed by atoms with Crippen molar-refractivity contribution in [2.24, 2.45) is 0 Å². The minimum Gasteiger partial charge on any atom is -0.486 e. The Morgan fingerprint density at radius 3 is 2.72 bits per heavy atom. The highest BCUT2D eigenvalue weighted by atomic mass is 16.6. The Bertz CT molecular complexity index is 969. The predicted octanol–water partition coefficient (Wildman–Crippen LogP) is 3.00. The third-order valence-electron chi connectivity index (χ3n) is 4.25. The first-order valence-electron chi connectivity index (χ1n) is 8.94. The molecule has 0 bridgehead atoms. The normalized spacial score (nSPS) is 12.0. The van der Waals surface area contributed by atoms with Crippen LogP contribution in [-0.2, 0) is 4.79 Å². The lowest BCUT2D eigenvalue weighted by molar-refractivity contribution is -0.385. The number of nitro benzene ring substituents is 1. The zero-order valence-electron chi connectivity index (χ0n) is 15.8. The number of nitrogens with zero attached hydrogens (tertiary/aromatic N) is 3. The summed E-state index contributed by atoms with van der Waals surface area (Å²) in [5, 5.41) is 20.1.